The van der Waals surface area contributed by atoms with Crippen LogP contribution < -0.4 is 0 Å². The minimum atomic E-state index is -0.418. The standard InChI is InChI=1S/C15H16O2/c1-10(2)3-4-11-5-6-12-7-8-14(16)15(17)13(12)9-11/h5-10H,3-4H2,1-2H3. The summed E-state index contributed by atoms with van der Waals surface area (Å²) < 4.78 is 0. The van der Waals surface area contributed by atoms with Crippen molar-refractivity contribution in [3.05, 3.63) is 41.0 Å². The molecule has 0 heterocycles. The first-order chi connectivity index (χ1) is 8.08. The zero-order valence-electron chi connectivity index (χ0n) is 10.2. The quantitative estimate of drug-likeness (QED) is 0.745. The number of hydrogen-bond acceptors (Lipinski definition) is 2. The summed E-state index contributed by atoms with van der Waals surface area (Å²) in [5, 5.41) is 0. The number of benzene rings is 1. The summed E-state index contributed by atoms with van der Waals surface area (Å²) in [4.78, 5) is 23.0. The Bertz CT molecular complexity index is 496. The molecule has 0 N–H and O–H groups in total. The molecule has 0 unspecified atom stereocenters. The number of aryl methyl sites for hydroxylation is 1. The molecule has 1 aliphatic rings. The number of hydrogen-bond donors (Lipinski definition) is 0. The molecule has 2 rings (SSSR count). The predicted octanol–water partition coefficient (Wildman–Crippen LogP) is 3.05. The third-order valence-corrected chi connectivity index (χ3v) is 3.01. The van der Waals surface area contributed by atoms with Gasteiger partial charge in [-0.2, -0.15) is 0 Å². The third kappa shape index (κ3) is 2.52. The molecule has 0 amide bonds. The fourth-order valence-corrected chi connectivity index (χ4v) is 1.93. The van der Waals surface area contributed by atoms with Gasteiger partial charge in [-0.15, -0.1) is 0 Å². The van der Waals surface area contributed by atoms with E-state index >= 15 is 0 Å². The van der Waals surface area contributed by atoms with Crippen LogP contribution in [-0.2, 0) is 11.2 Å². The fourth-order valence-electron chi connectivity index (χ4n) is 1.93. The van der Waals surface area contributed by atoms with Crippen LogP contribution in [-0.4, -0.2) is 11.6 Å². The molecule has 0 spiro atoms. The average molecular weight is 228 g/mol. The van der Waals surface area contributed by atoms with Gasteiger partial charge in [-0.1, -0.05) is 32.1 Å². The zero-order chi connectivity index (χ0) is 12.4. The summed E-state index contributed by atoms with van der Waals surface area (Å²) in [5.41, 5.74) is 2.54. The minimum absolute atomic E-state index is 0.381. The Morgan fingerprint density at radius 1 is 1.12 bits per heavy atom. The van der Waals surface area contributed by atoms with Crippen molar-refractivity contribution >= 4 is 17.6 Å². The van der Waals surface area contributed by atoms with Crippen molar-refractivity contribution in [2.45, 2.75) is 26.7 Å². The molecule has 1 aromatic carbocycles. The van der Waals surface area contributed by atoms with E-state index in [9.17, 15) is 9.59 Å². The first kappa shape index (κ1) is 11.8. The Morgan fingerprint density at radius 2 is 1.88 bits per heavy atom. The van der Waals surface area contributed by atoms with E-state index in [1.54, 1.807) is 6.08 Å². The van der Waals surface area contributed by atoms with E-state index in [4.69, 9.17) is 0 Å². The smallest absolute Gasteiger partial charge is 0.233 e. The second-order valence-electron chi connectivity index (χ2n) is 4.88. The molecule has 0 aliphatic heterocycles. The van der Waals surface area contributed by atoms with Gasteiger partial charge in [-0.25, -0.2) is 0 Å². The molecule has 2 nitrogen and oxygen atoms in total. The molecule has 1 aromatic rings. The lowest BCUT2D eigenvalue weighted by molar-refractivity contribution is -0.110. The van der Waals surface area contributed by atoms with Gasteiger partial charge in [0.2, 0.25) is 11.6 Å². The second-order valence-corrected chi connectivity index (χ2v) is 4.88. The molecule has 17 heavy (non-hydrogen) atoms. The summed E-state index contributed by atoms with van der Waals surface area (Å²) in [6, 6.07) is 5.82. The lowest BCUT2D eigenvalue weighted by Crippen LogP contribution is -2.16. The largest absolute Gasteiger partial charge is 0.286 e. The van der Waals surface area contributed by atoms with Gasteiger partial charge >= 0.3 is 0 Å². The van der Waals surface area contributed by atoms with Crippen LogP contribution in [0.3, 0.4) is 0 Å². The zero-order valence-corrected chi connectivity index (χ0v) is 10.2. The molecular formula is C15H16O2. The average Bonchev–Trinajstić information content (AvgIpc) is 2.31. The van der Waals surface area contributed by atoms with E-state index < -0.39 is 5.78 Å². The molecule has 0 saturated carbocycles. The van der Waals surface area contributed by atoms with E-state index in [0.29, 0.717) is 11.5 Å². The minimum Gasteiger partial charge on any atom is -0.286 e. The highest BCUT2D eigenvalue weighted by Crippen LogP contribution is 2.20. The summed E-state index contributed by atoms with van der Waals surface area (Å²) >= 11 is 0. The Hall–Kier alpha value is -1.70. The highest BCUT2D eigenvalue weighted by atomic mass is 16.2. The number of rotatable bonds is 3. The van der Waals surface area contributed by atoms with E-state index in [1.807, 2.05) is 18.2 Å². The number of ketones is 2. The summed E-state index contributed by atoms with van der Waals surface area (Å²) in [5.74, 6) is -0.157. The Kier molecular flexibility index (Phi) is 3.23. The third-order valence-electron chi connectivity index (χ3n) is 3.01. The van der Waals surface area contributed by atoms with Crippen molar-refractivity contribution < 1.29 is 9.59 Å². The van der Waals surface area contributed by atoms with Gasteiger partial charge in [0.15, 0.2) is 0 Å². The SMILES string of the molecule is CC(C)CCc1ccc2c(c1)C(=O)C(=O)C=C2. The number of Topliss-reactive ketones (excluding diaryl/α,β-unsaturated/α-hetero) is 1. The van der Waals surface area contributed by atoms with Crippen LogP contribution in [0.2, 0.25) is 0 Å². The molecule has 0 saturated heterocycles. The lowest BCUT2D eigenvalue weighted by Gasteiger charge is -2.11. The van der Waals surface area contributed by atoms with Crippen LogP contribution in [0.1, 0.15) is 41.8 Å². The predicted molar refractivity (Wildman–Crippen MR) is 68.0 cm³/mol. The molecule has 1 aliphatic carbocycles. The molecule has 88 valence electrons. The fraction of sp³-hybridized carbons (Fsp3) is 0.333. The maximum atomic E-state index is 11.7. The first-order valence-electron chi connectivity index (χ1n) is 5.97. The van der Waals surface area contributed by atoms with Gasteiger partial charge in [0.05, 0.1) is 0 Å². The van der Waals surface area contributed by atoms with Crippen molar-refractivity contribution in [2.24, 2.45) is 5.92 Å². The van der Waals surface area contributed by atoms with Crippen LogP contribution in [0.15, 0.2) is 24.3 Å². The van der Waals surface area contributed by atoms with E-state index in [0.717, 1.165) is 24.0 Å². The van der Waals surface area contributed by atoms with E-state index in [2.05, 4.69) is 13.8 Å². The Labute approximate surface area is 101 Å². The monoisotopic (exact) mass is 228 g/mol. The number of allylic oxidation sites excluding steroid dienone is 1. The van der Waals surface area contributed by atoms with Crippen LogP contribution >= 0.6 is 0 Å². The van der Waals surface area contributed by atoms with Gasteiger partial charge in [-0.05, 0) is 42.0 Å². The Balaban J connectivity index is 2.27. The van der Waals surface area contributed by atoms with Gasteiger partial charge in [0, 0.05) is 5.56 Å². The summed E-state index contributed by atoms with van der Waals surface area (Å²) in [6.45, 7) is 4.35. The van der Waals surface area contributed by atoms with Crippen molar-refractivity contribution in [1.29, 1.82) is 0 Å². The van der Waals surface area contributed by atoms with E-state index in [-0.39, 0.29) is 5.78 Å². The topological polar surface area (TPSA) is 34.1 Å². The van der Waals surface area contributed by atoms with Crippen molar-refractivity contribution in [2.75, 3.05) is 0 Å². The summed E-state index contributed by atoms with van der Waals surface area (Å²) in [7, 11) is 0. The van der Waals surface area contributed by atoms with Crippen LogP contribution in [0, 0.1) is 5.92 Å². The number of carbonyl (C=O) groups is 2. The van der Waals surface area contributed by atoms with Crippen LogP contribution in [0.25, 0.3) is 6.08 Å². The molecule has 2 heteroatoms. The highest BCUT2D eigenvalue weighted by Gasteiger charge is 2.20. The maximum absolute atomic E-state index is 11.7. The van der Waals surface area contributed by atoms with Gasteiger partial charge in [-0.3, -0.25) is 9.59 Å². The van der Waals surface area contributed by atoms with Crippen molar-refractivity contribution in [1.82, 2.24) is 0 Å². The summed E-state index contributed by atoms with van der Waals surface area (Å²) in [6.07, 6.45) is 5.11. The molecule has 0 radical (unpaired) electrons. The normalized spacial score (nSPS) is 14.3. The number of carbonyl (C=O) groups excluding carboxylic acids is 2. The Morgan fingerprint density at radius 3 is 2.59 bits per heavy atom. The van der Waals surface area contributed by atoms with Crippen LogP contribution in [0.5, 0.6) is 0 Å². The maximum Gasteiger partial charge on any atom is 0.233 e. The molecule has 0 bridgehead atoms. The first-order valence-corrected chi connectivity index (χ1v) is 5.97. The second kappa shape index (κ2) is 4.66. The lowest BCUT2D eigenvalue weighted by atomic mass is 9.92. The molecule has 0 fully saturated rings. The van der Waals surface area contributed by atoms with E-state index in [1.165, 1.54) is 6.08 Å². The molecule has 0 aromatic heterocycles. The van der Waals surface area contributed by atoms with Gasteiger partial charge < -0.3 is 0 Å². The van der Waals surface area contributed by atoms with Crippen molar-refractivity contribution in [3.8, 4) is 0 Å². The number of fused-ring (bicyclic) bond motifs is 1. The molecular weight excluding hydrogens is 212 g/mol. The highest BCUT2D eigenvalue weighted by molar-refractivity contribution is 6.49. The van der Waals surface area contributed by atoms with Crippen LogP contribution in [0.4, 0.5) is 0 Å². The molecule has 0 atom stereocenters. The van der Waals surface area contributed by atoms with Gasteiger partial charge in [0.1, 0.15) is 0 Å². The van der Waals surface area contributed by atoms with Gasteiger partial charge in [0.25, 0.3) is 0 Å². The van der Waals surface area contributed by atoms with Crippen molar-refractivity contribution in [3.63, 3.8) is 0 Å².